The summed E-state index contributed by atoms with van der Waals surface area (Å²) in [4.78, 5) is 22.7. The molecular formula is C22H24N3OOs. The summed E-state index contributed by atoms with van der Waals surface area (Å²) in [5, 5.41) is 1.09. The van der Waals surface area contributed by atoms with Crippen molar-refractivity contribution in [2.75, 3.05) is 7.05 Å². The van der Waals surface area contributed by atoms with Gasteiger partial charge in [-0.3, -0.25) is 14.8 Å². The number of Topliss-reactive ketones (excluding diaryl/α,β-unsaturated/α-hetero) is 1. The smallest absolute Gasteiger partial charge is 0.293 e. The van der Waals surface area contributed by atoms with Crippen molar-refractivity contribution in [1.82, 2.24) is 9.97 Å². The van der Waals surface area contributed by atoms with Crippen molar-refractivity contribution in [2.45, 2.75) is 34.6 Å². The minimum Gasteiger partial charge on any atom is -0.293 e. The van der Waals surface area contributed by atoms with Crippen LogP contribution >= 0.6 is 0 Å². The van der Waals surface area contributed by atoms with Gasteiger partial charge < -0.3 is 0 Å². The van der Waals surface area contributed by atoms with E-state index in [4.69, 9.17) is 0 Å². The molecule has 2 aromatic carbocycles. The third-order valence-corrected chi connectivity index (χ3v) is 4.11. The number of carbonyl (C=O) groups excluding carboxylic acids is 1. The SMILES string of the molecule is CN=C(C)C(C)=O.Cc1[c-]c(-c2ncnc3c(C)cccc23)cc(C)c1.[Os+]. The van der Waals surface area contributed by atoms with Gasteiger partial charge in [-0.1, -0.05) is 32.0 Å². The molecule has 0 saturated heterocycles. The molecule has 1 radical (unpaired) electrons. The van der Waals surface area contributed by atoms with Crippen molar-refractivity contribution in [3.05, 3.63) is 59.4 Å². The summed E-state index contributed by atoms with van der Waals surface area (Å²) in [5.74, 6) is 0.0440. The monoisotopic (exact) mass is 538 g/mol. The molecule has 0 bridgehead atoms. The second kappa shape index (κ2) is 10.2. The number of nitrogens with zero attached hydrogens (tertiary/aromatic N) is 3. The largest absolute Gasteiger partial charge is 1.00 e. The van der Waals surface area contributed by atoms with E-state index < -0.39 is 0 Å². The van der Waals surface area contributed by atoms with Crippen molar-refractivity contribution >= 4 is 22.4 Å². The van der Waals surface area contributed by atoms with E-state index in [0.29, 0.717) is 5.71 Å². The quantitative estimate of drug-likeness (QED) is 0.353. The summed E-state index contributed by atoms with van der Waals surface area (Å²) in [7, 11) is 1.61. The van der Waals surface area contributed by atoms with Crippen LogP contribution in [0.4, 0.5) is 0 Å². The Bertz CT molecular complexity index is 960. The third-order valence-electron chi connectivity index (χ3n) is 4.11. The van der Waals surface area contributed by atoms with Crippen LogP contribution in [-0.2, 0) is 24.6 Å². The van der Waals surface area contributed by atoms with Gasteiger partial charge in [0.05, 0.1) is 11.2 Å². The Kier molecular flexibility index (Phi) is 8.60. The summed E-state index contributed by atoms with van der Waals surface area (Å²) in [6.45, 7) is 9.43. The van der Waals surface area contributed by atoms with E-state index in [1.807, 2.05) is 6.07 Å². The molecular weight excluding hydrogens is 512 g/mol. The van der Waals surface area contributed by atoms with Crippen LogP contribution in [-0.4, -0.2) is 28.5 Å². The van der Waals surface area contributed by atoms with Gasteiger partial charge in [0.2, 0.25) is 0 Å². The fourth-order valence-electron chi connectivity index (χ4n) is 2.63. The first kappa shape index (κ1) is 22.8. The number of carbonyl (C=O) groups is 1. The van der Waals surface area contributed by atoms with Crippen molar-refractivity contribution in [1.29, 1.82) is 0 Å². The molecule has 141 valence electrons. The molecule has 0 saturated carbocycles. The van der Waals surface area contributed by atoms with E-state index in [-0.39, 0.29) is 25.6 Å². The molecule has 0 fully saturated rings. The Morgan fingerprint density at radius 1 is 1.07 bits per heavy atom. The number of hydrogen-bond acceptors (Lipinski definition) is 4. The summed E-state index contributed by atoms with van der Waals surface area (Å²) in [6.07, 6.45) is 1.64. The van der Waals surface area contributed by atoms with Crippen molar-refractivity contribution in [3.63, 3.8) is 0 Å². The van der Waals surface area contributed by atoms with Crippen LogP contribution < -0.4 is 0 Å². The molecule has 0 spiro atoms. The van der Waals surface area contributed by atoms with Gasteiger partial charge in [0.15, 0.2) is 5.78 Å². The topological polar surface area (TPSA) is 55.2 Å². The molecule has 0 atom stereocenters. The molecule has 3 aromatic rings. The predicted molar refractivity (Wildman–Crippen MR) is 108 cm³/mol. The maximum atomic E-state index is 10.2. The fourth-order valence-corrected chi connectivity index (χ4v) is 2.63. The van der Waals surface area contributed by atoms with Crippen molar-refractivity contribution in [2.24, 2.45) is 4.99 Å². The Labute approximate surface area is 174 Å². The minimum absolute atomic E-state index is 0. The van der Waals surface area contributed by atoms with Gasteiger partial charge in [-0.2, -0.15) is 0 Å². The Balaban J connectivity index is 0.000000395. The third kappa shape index (κ3) is 5.87. The zero-order valence-electron chi connectivity index (χ0n) is 16.6. The number of fused-ring (bicyclic) bond motifs is 1. The molecule has 27 heavy (non-hydrogen) atoms. The first-order chi connectivity index (χ1) is 12.3. The number of aryl methyl sites for hydroxylation is 3. The molecule has 0 amide bonds. The Morgan fingerprint density at radius 2 is 1.78 bits per heavy atom. The van der Waals surface area contributed by atoms with Gasteiger partial charge in [-0.15, -0.1) is 34.9 Å². The molecule has 4 nitrogen and oxygen atoms in total. The van der Waals surface area contributed by atoms with E-state index in [0.717, 1.165) is 27.7 Å². The average molecular weight is 537 g/mol. The van der Waals surface area contributed by atoms with E-state index in [1.54, 1.807) is 20.3 Å². The standard InChI is InChI=1S/C17H15N2.C5H9NO.Os/c1-11-7-12(2)9-14(8-11)17-15-6-4-5-13(3)16(15)18-10-19-17;1-4(6-3)5(2)7;/h4-8,10H,1-3H3;1-3H3;/q-1;;+1. The first-order valence-electron chi connectivity index (χ1n) is 8.49. The van der Waals surface area contributed by atoms with Gasteiger partial charge >= 0.3 is 19.8 Å². The summed E-state index contributed by atoms with van der Waals surface area (Å²) < 4.78 is 0. The average Bonchev–Trinajstić information content (AvgIpc) is 2.60. The summed E-state index contributed by atoms with van der Waals surface area (Å²) in [5.41, 5.74) is 7.13. The predicted octanol–water partition coefficient (Wildman–Crippen LogP) is 4.69. The molecule has 0 aliphatic heterocycles. The van der Waals surface area contributed by atoms with Crippen LogP contribution in [0.3, 0.4) is 0 Å². The van der Waals surface area contributed by atoms with Gasteiger partial charge in [-0.25, -0.2) is 4.98 Å². The maximum Gasteiger partial charge on any atom is 1.00 e. The van der Waals surface area contributed by atoms with Crippen LogP contribution in [0.2, 0.25) is 0 Å². The first-order valence-corrected chi connectivity index (χ1v) is 8.49. The van der Waals surface area contributed by atoms with Crippen LogP contribution in [0.25, 0.3) is 22.2 Å². The number of ketones is 1. The zero-order valence-corrected chi connectivity index (χ0v) is 19.1. The number of rotatable bonds is 2. The summed E-state index contributed by atoms with van der Waals surface area (Å²) >= 11 is 0. The number of aromatic nitrogens is 2. The van der Waals surface area contributed by atoms with Crippen LogP contribution in [0.15, 0.2) is 41.7 Å². The second-order valence-electron chi connectivity index (χ2n) is 6.31. The van der Waals surface area contributed by atoms with Crippen molar-refractivity contribution < 1.29 is 24.6 Å². The molecule has 5 heteroatoms. The second-order valence-corrected chi connectivity index (χ2v) is 6.31. The molecule has 0 aliphatic rings. The molecule has 1 aromatic heterocycles. The molecule has 0 unspecified atom stereocenters. The maximum absolute atomic E-state index is 10.2. The molecule has 3 rings (SSSR count). The normalized spacial score (nSPS) is 10.7. The molecule has 0 N–H and O–H groups in total. The number of para-hydroxylation sites is 1. The van der Waals surface area contributed by atoms with E-state index in [2.05, 4.69) is 66.1 Å². The van der Waals surface area contributed by atoms with E-state index >= 15 is 0 Å². The van der Waals surface area contributed by atoms with Crippen molar-refractivity contribution in [3.8, 4) is 11.3 Å². The van der Waals surface area contributed by atoms with Gasteiger partial charge in [-0.05, 0) is 30.5 Å². The molecule has 1 heterocycles. The van der Waals surface area contributed by atoms with Gasteiger partial charge in [0.1, 0.15) is 6.33 Å². The van der Waals surface area contributed by atoms with Crippen LogP contribution in [0.1, 0.15) is 30.5 Å². The van der Waals surface area contributed by atoms with E-state index in [9.17, 15) is 4.79 Å². The van der Waals surface area contributed by atoms with Crippen LogP contribution in [0.5, 0.6) is 0 Å². The van der Waals surface area contributed by atoms with Gasteiger partial charge in [0.25, 0.3) is 0 Å². The number of hydrogen-bond donors (Lipinski definition) is 0. The molecule has 0 aliphatic carbocycles. The zero-order chi connectivity index (χ0) is 19.3. The Morgan fingerprint density at radius 3 is 2.33 bits per heavy atom. The Hall–Kier alpha value is -2.24. The minimum atomic E-state index is 0. The fraction of sp³-hybridized carbons (Fsp3) is 0.273. The number of benzene rings is 2. The van der Waals surface area contributed by atoms with Crippen LogP contribution in [0, 0.1) is 26.8 Å². The number of aliphatic imine (C=N–C) groups is 1. The van der Waals surface area contributed by atoms with Gasteiger partial charge in [0, 0.05) is 14.0 Å². The van der Waals surface area contributed by atoms with E-state index in [1.165, 1.54) is 18.1 Å². The summed E-state index contributed by atoms with van der Waals surface area (Å²) in [6, 6.07) is 13.8.